The van der Waals surface area contributed by atoms with Crippen molar-refractivity contribution in [2.75, 3.05) is 33.7 Å². The van der Waals surface area contributed by atoms with Gasteiger partial charge in [-0.15, -0.1) is 5.10 Å². The third-order valence-electron chi connectivity index (χ3n) is 4.20. The Morgan fingerprint density at radius 2 is 2.08 bits per heavy atom. The number of hydrogen-bond acceptors (Lipinski definition) is 6. The van der Waals surface area contributed by atoms with Crippen LogP contribution in [0.25, 0.3) is 5.69 Å². The second-order valence-corrected chi connectivity index (χ2v) is 6.63. The van der Waals surface area contributed by atoms with Gasteiger partial charge in [-0.2, -0.15) is 0 Å². The lowest BCUT2D eigenvalue weighted by Crippen LogP contribution is -2.43. The van der Waals surface area contributed by atoms with E-state index in [1.807, 2.05) is 43.3 Å². The number of benzene rings is 1. The van der Waals surface area contributed by atoms with E-state index in [2.05, 4.69) is 15.5 Å². The standard InChI is InChI=1S/C16H22N6O2/c1-20(2)10-16(24)7-8-21(11-16)15(23)9-13-3-5-14(6-4-13)22-12-17-18-19-22/h3-6,12,24H,7-11H2,1-2H3/t16-/m1/s1. The molecule has 128 valence electrons. The van der Waals surface area contributed by atoms with Gasteiger partial charge in [0.05, 0.1) is 24.3 Å². The summed E-state index contributed by atoms with van der Waals surface area (Å²) in [7, 11) is 3.85. The quantitative estimate of drug-likeness (QED) is 0.812. The van der Waals surface area contributed by atoms with Gasteiger partial charge in [0.1, 0.15) is 6.33 Å². The Labute approximate surface area is 140 Å². The maximum atomic E-state index is 12.5. The number of hydrogen-bond donors (Lipinski definition) is 1. The summed E-state index contributed by atoms with van der Waals surface area (Å²) in [4.78, 5) is 16.2. The lowest BCUT2D eigenvalue weighted by Gasteiger charge is -2.26. The first kappa shape index (κ1) is 16.5. The first-order valence-corrected chi connectivity index (χ1v) is 7.92. The smallest absolute Gasteiger partial charge is 0.227 e. The maximum absolute atomic E-state index is 12.5. The molecule has 0 unspecified atom stereocenters. The van der Waals surface area contributed by atoms with Crippen molar-refractivity contribution in [2.24, 2.45) is 0 Å². The SMILES string of the molecule is CN(C)C[C@]1(O)CCN(C(=O)Cc2ccc(-n3cnnn3)cc2)C1. The highest BCUT2D eigenvalue weighted by molar-refractivity contribution is 5.79. The van der Waals surface area contributed by atoms with Gasteiger partial charge < -0.3 is 14.9 Å². The number of tetrazole rings is 1. The number of likely N-dealkylation sites (tertiary alicyclic amines) is 1. The summed E-state index contributed by atoms with van der Waals surface area (Å²) in [5, 5.41) is 21.6. The maximum Gasteiger partial charge on any atom is 0.227 e. The van der Waals surface area contributed by atoms with Crippen LogP contribution < -0.4 is 0 Å². The highest BCUT2D eigenvalue weighted by atomic mass is 16.3. The monoisotopic (exact) mass is 330 g/mol. The van der Waals surface area contributed by atoms with E-state index in [1.54, 1.807) is 9.58 Å². The normalized spacial score (nSPS) is 20.8. The molecule has 1 aromatic heterocycles. The molecule has 1 atom stereocenters. The third kappa shape index (κ3) is 3.77. The van der Waals surface area contributed by atoms with Gasteiger partial charge in [-0.1, -0.05) is 12.1 Å². The molecule has 1 aromatic carbocycles. The highest BCUT2D eigenvalue weighted by Crippen LogP contribution is 2.22. The molecule has 1 aliphatic rings. The first-order chi connectivity index (χ1) is 11.5. The summed E-state index contributed by atoms with van der Waals surface area (Å²) in [5.41, 5.74) is 0.973. The Morgan fingerprint density at radius 1 is 1.33 bits per heavy atom. The van der Waals surface area contributed by atoms with Crippen LogP contribution in [0.1, 0.15) is 12.0 Å². The molecular formula is C16H22N6O2. The molecule has 0 radical (unpaired) electrons. The van der Waals surface area contributed by atoms with Crippen molar-refractivity contribution < 1.29 is 9.90 Å². The fourth-order valence-corrected chi connectivity index (χ4v) is 3.12. The van der Waals surface area contributed by atoms with E-state index in [0.717, 1.165) is 11.3 Å². The van der Waals surface area contributed by atoms with E-state index in [-0.39, 0.29) is 5.91 Å². The Morgan fingerprint density at radius 3 is 2.71 bits per heavy atom. The second-order valence-electron chi connectivity index (χ2n) is 6.63. The minimum Gasteiger partial charge on any atom is -0.387 e. The van der Waals surface area contributed by atoms with Gasteiger partial charge in [0.15, 0.2) is 0 Å². The summed E-state index contributed by atoms with van der Waals surface area (Å²) in [6.45, 7) is 1.57. The number of aromatic nitrogens is 4. The van der Waals surface area contributed by atoms with Gasteiger partial charge in [0.2, 0.25) is 5.91 Å². The number of amides is 1. The predicted octanol–water partition coefficient (Wildman–Crippen LogP) is -0.270. The van der Waals surface area contributed by atoms with Crippen LogP contribution in [0.3, 0.4) is 0 Å². The van der Waals surface area contributed by atoms with Gasteiger partial charge in [-0.3, -0.25) is 4.79 Å². The van der Waals surface area contributed by atoms with E-state index in [0.29, 0.717) is 32.5 Å². The van der Waals surface area contributed by atoms with Crippen LogP contribution in [0.2, 0.25) is 0 Å². The molecule has 0 bridgehead atoms. The zero-order chi connectivity index (χ0) is 17.2. The summed E-state index contributed by atoms with van der Waals surface area (Å²) in [6, 6.07) is 7.56. The van der Waals surface area contributed by atoms with Crippen LogP contribution in [-0.4, -0.2) is 80.4 Å². The molecule has 1 aliphatic heterocycles. The lowest BCUT2D eigenvalue weighted by molar-refractivity contribution is -0.130. The topological polar surface area (TPSA) is 87.4 Å². The average molecular weight is 330 g/mol. The Bertz CT molecular complexity index is 685. The highest BCUT2D eigenvalue weighted by Gasteiger charge is 2.38. The van der Waals surface area contributed by atoms with Crippen LogP contribution in [0.5, 0.6) is 0 Å². The molecule has 1 saturated heterocycles. The van der Waals surface area contributed by atoms with Gasteiger partial charge >= 0.3 is 0 Å². The molecule has 2 heterocycles. The molecule has 2 aromatic rings. The van der Waals surface area contributed by atoms with E-state index < -0.39 is 5.60 Å². The third-order valence-corrected chi connectivity index (χ3v) is 4.20. The molecule has 1 N–H and O–H groups in total. The minimum absolute atomic E-state index is 0.0415. The molecule has 0 saturated carbocycles. The van der Waals surface area contributed by atoms with Crippen molar-refractivity contribution in [1.29, 1.82) is 0 Å². The molecule has 1 amide bonds. The molecule has 24 heavy (non-hydrogen) atoms. The molecule has 8 nitrogen and oxygen atoms in total. The van der Waals surface area contributed by atoms with Crippen LogP contribution in [0, 0.1) is 0 Å². The predicted molar refractivity (Wildman–Crippen MR) is 87.6 cm³/mol. The van der Waals surface area contributed by atoms with Crippen molar-refractivity contribution in [2.45, 2.75) is 18.4 Å². The Hall–Kier alpha value is -2.32. The van der Waals surface area contributed by atoms with Crippen molar-refractivity contribution in [3.05, 3.63) is 36.2 Å². The lowest BCUT2D eigenvalue weighted by atomic mass is 10.0. The first-order valence-electron chi connectivity index (χ1n) is 7.92. The number of rotatable bonds is 5. The van der Waals surface area contributed by atoms with E-state index in [9.17, 15) is 9.90 Å². The van der Waals surface area contributed by atoms with E-state index >= 15 is 0 Å². The van der Waals surface area contributed by atoms with Gasteiger partial charge in [-0.05, 0) is 48.6 Å². The van der Waals surface area contributed by atoms with Crippen LogP contribution >= 0.6 is 0 Å². The largest absolute Gasteiger partial charge is 0.387 e. The fourth-order valence-electron chi connectivity index (χ4n) is 3.12. The average Bonchev–Trinajstić information content (AvgIpc) is 3.17. The van der Waals surface area contributed by atoms with Crippen LogP contribution in [-0.2, 0) is 11.2 Å². The zero-order valence-corrected chi connectivity index (χ0v) is 14.0. The van der Waals surface area contributed by atoms with E-state index in [1.165, 1.54) is 6.33 Å². The summed E-state index contributed by atoms with van der Waals surface area (Å²) >= 11 is 0. The second kappa shape index (κ2) is 6.66. The Balaban J connectivity index is 1.59. The fraction of sp³-hybridized carbons (Fsp3) is 0.500. The zero-order valence-electron chi connectivity index (χ0n) is 14.0. The van der Waals surface area contributed by atoms with Crippen LogP contribution in [0.4, 0.5) is 0 Å². The van der Waals surface area contributed by atoms with Crippen molar-refractivity contribution in [3.63, 3.8) is 0 Å². The summed E-state index contributed by atoms with van der Waals surface area (Å²) in [6.07, 6.45) is 2.47. The van der Waals surface area contributed by atoms with Gasteiger partial charge in [-0.25, -0.2) is 4.68 Å². The van der Waals surface area contributed by atoms with Gasteiger partial charge in [0, 0.05) is 13.1 Å². The van der Waals surface area contributed by atoms with E-state index in [4.69, 9.17) is 0 Å². The number of β-amino-alcohol motifs (C(OH)–C–C–N with tert-alkyl or cyclic N) is 1. The summed E-state index contributed by atoms with van der Waals surface area (Å²) in [5.74, 6) is 0.0415. The molecule has 1 fully saturated rings. The minimum atomic E-state index is -0.802. The molecule has 0 aliphatic carbocycles. The number of nitrogens with zero attached hydrogens (tertiary/aromatic N) is 6. The van der Waals surface area contributed by atoms with Crippen molar-refractivity contribution in [3.8, 4) is 5.69 Å². The molecule has 8 heteroatoms. The Kier molecular flexibility index (Phi) is 4.59. The number of carbonyl (C=O) groups is 1. The van der Waals surface area contributed by atoms with Crippen LogP contribution in [0.15, 0.2) is 30.6 Å². The molecule has 0 spiro atoms. The van der Waals surface area contributed by atoms with Gasteiger partial charge in [0.25, 0.3) is 0 Å². The van der Waals surface area contributed by atoms with Crippen molar-refractivity contribution in [1.82, 2.24) is 30.0 Å². The number of likely N-dealkylation sites (N-methyl/N-ethyl adjacent to an activating group) is 1. The molecule has 3 rings (SSSR count). The molecular weight excluding hydrogens is 308 g/mol. The number of carbonyl (C=O) groups excluding carboxylic acids is 1. The number of aliphatic hydroxyl groups is 1. The summed E-state index contributed by atoms with van der Waals surface area (Å²) < 4.78 is 1.56. The van der Waals surface area contributed by atoms with Crippen molar-refractivity contribution >= 4 is 5.91 Å².